The van der Waals surface area contributed by atoms with E-state index in [0.717, 1.165) is 31.6 Å². The average Bonchev–Trinajstić information content (AvgIpc) is 2.72. The second kappa shape index (κ2) is 4.58. The lowest BCUT2D eigenvalue weighted by atomic mass is 9.96. The molecule has 0 radical (unpaired) electrons. The zero-order valence-corrected chi connectivity index (χ0v) is 8.23. The number of hydrogen-bond donors (Lipinski definition) is 1. The molecule has 0 spiro atoms. The normalized spacial score (nSPS) is 23.6. The van der Waals surface area contributed by atoms with Gasteiger partial charge in [-0.2, -0.15) is 0 Å². The van der Waals surface area contributed by atoms with Gasteiger partial charge in [0.1, 0.15) is 0 Å². The van der Waals surface area contributed by atoms with Crippen LogP contribution in [0.1, 0.15) is 24.5 Å². The number of rotatable bonds is 3. The van der Waals surface area contributed by atoms with Crippen molar-refractivity contribution in [2.45, 2.75) is 18.9 Å². The molecule has 1 aliphatic rings. The Hall–Kier alpha value is -0.860. The first-order chi connectivity index (χ1) is 6.86. The van der Waals surface area contributed by atoms with E-state index in [0.29, 0.717) is 5.92 Å². The third-order valence-corrected chi connectivity index (χ3v) is 2.76. The Kier molecular flexibility index (Phi) is 3.17. The van der Waals surface area contributed by atoms with Crippen LogP contribution in [0.5, 0.6) is 0 Å². The van der Waals surface area contributed by atoms with Gasteiger partial charge in [-0.25, -0.2) is 0 Å². The van der Waals surface area contributed by atoms with Gasteiger partial charge in [-0.15, -0.1) is 0 Å². The van der Waals surface area contributed by atoms with E-state index in [1.807, 2.05) is 30.3 Å². The molecule has 1 aliphatic heterocycles. The molecule has 76 valence electrons. The highest BCUT2D eigenvalue weighted by Gasteiger charge is 2.19. The highest BCUT2D eigenvalue weighted by Crippen LogP contribution is 2.25. The standard InChI is InChI=1S/C12H16O2/c13-12(8-10-6-7-14-9-10)11-4-2-1-3-5-11/h1-5,10,12-13H,6-9H2/t10-,12-/m0/s1. The van der Waals surface area contributed by atoms with Gasteiger partial charge in [-0.3, -0.25) is 0 Å². The van der Waals surface area contributed by atoms with E-state index >= 15 is 0 Å². The zero-order valence-electron chi connectivity index (χ0n) is 8.23. The van der Waals surface area contributed by atoms with Crippen LogP contribution in [-0.2, 0) is 4.74 Å². The van der Waals surface area contributed by atoms with Crippen LogP contribution in [-0.4, -0.2) is 18.3 Å². The van der Waals surface area contributed by atoms with Gasteiger partial charge >= 0.3 is 0 Å². The molecule has 1 saturated heterocycles. The average molecular weight is 192 g/mol. The van der Waals surface area contributed by atoms with Gasteiger partial charge in [0.05, 0.1) is 6.10 Å². The van der Waals surface area contributed by atoms with E-state index in [2.05, 4.69) is 0 Å². The summed E-state index contributed by atoms with van der Waals surface area (Å²) in [4.78, 5) is 0. The Morgan fingerprint density at radius 1 is 1.36 bits per heavy atom. The van der Waals surface area contributed by atoms with E-state index in [1.54, 1.807) is 0 Å². The summed E-state index contributed by atoms with van der Waals surface area (Å²) in [7, 11) is 0. The fourth-order valence-corrected chi connectivity index (χ4v) is 1.90. The predicted octanol–water partition coefficient (Wildman–Crippen LogP) is 2.15. The molecular weight excluding hydrogens is 176 g/mol. The molecule has 0 aromatic heterocycles. The van der Waals surface area contributed by atoms with Crippen LogP contribution in [0, 0.1) is 5.92 Å². The molecule has 1 heterocycles. The van der Waals surface area contributed by atoms with E-state index in [4.69, 9.17) is 4.74 Å². The first-order valence-electron chi connectivity index (χ1n) is 5.17. The van der Waals surface area contributed by atoms with Gasteiger partial charge in [-0.05, 0) is 24.3 Å². The third-order valence-electron chi connectivity index (χ3n) is 2.76. The summed E-state index contributed by atoms with van der Waals surface area (Å²) < 4.78 is 5.28. The van der Waals surface area contributed by atoms with Crippen molar-refractivity contribution in [3.63, 3.8) is 0 Å². The van der Waals surface area contributed by atoms with Crippen molar-refractivity contribution in [1.29, 1.82) is 0 Å². The van der Waals surface area contributed by atoms with Crippen molar-refractivity contribution in [1.82, 2.24) is 0 Å². The Balaban J connectivity index is 1.92. The lowest BCUT2D eigenvalue weighted by Gasteiger charge is -2.14. The molecule has 2 rings (SSSR count). The van der Waals surface area contributed by atoms with Crippen molar-refractivity contribution in [2.24, 2.45) is 5.92 Å². The Bertz CT molecular complexity index is 265. The van der Waals surface area contributed by atoms with Crippen molar-refractivity contribution in [3.8, 4) is 0 Å². The monoisotopic (exact) mass is 192 g/mol. The van der Waals surface area contributed by atoms with Crippen LogP contribution in [0.2, 0.25) is 0 Å². The maximum Gasteiger partial charge on any atom is 0.0793 e. The van der Waals surface area contributed by atoms with E-state index in [1.165, 1.54) is 0 Å². The fraction of sp³-hybridized carbons (Fsp3) is 0.500. The Morgan fingerprint density at radius 3 is 2.79 bits per heavy atom. The summed E-state index contributed by atoms with van der Waals surface area (Å²) in [6, 6.07) is 9.84. The van der Waals surface area contributed by atoms with E-state index in [9.17, 15) is 5.11 Å². The van der Waals surface area contributed by atoms with Gasteiger partial charge in [0.25, 0.3) is 0 Å². The van der Waals surface area contributed by atoms with Crippen molar-refractivity contribution in [3.05, 3.63) is 35.9 Å². The Labute approximate surface area is 84.5 Å². The Morgan fingerprint density at radius 2 is 2.14 bits per heavy atom. The number of benzene rings is 1. The molecule has 0 aliphatic carbocycles. The molecule has 1 aromatic carbocycles. The topological polar surface area (TPSA) is 29.5 Å². The molecule has 2 heteroatoms. The van der Waals surface area contributed by atoms with Crippen LogP contribution in [0.25, 0.3) is 0 Å². The van der Waals surface area contributed by atoms with Crippen molar-refractivity contribution >= 4 is 0 Å². The maximum absolute atomic E-state index is 9.93. The molecule has 14 heavy (non-hydrogen) atoms. The summed E-state index contributed by atoms with van der Waals surface area (Å²) in [5.74, 6) is 0.533. The molecule has 0 bridgehead atoms. The third kappa shape index (κ3) is 2.34. The molecule has 1 N–H and O–H groups in total. The zero-order chi connectivity index (χ0) is 9.80. The first kappa shape index (κ1) is 9.69. The lowest BCUT2D eigenvalue weighted by molar-refractivity contribution is 0.129. The molecule has 0 saturated carbocycles. The minimum absolute atomic E-state index is 0.331. The summed E-state index contributed by atoms with van der Waals surface area (Å²) >= 11 is 0. The van der Waals surface area contributed by atoms with Crippen molar-refractivity contribution < 1.29 is 9.84 Å². The molecule has 1 aromatic rings. The second-order valence-corrected chi connectivity index (χ2v) is 3.89. The predicted molar refractivity (Wildman–Crippen MR) is 54.9 cm³/mol. The first-order valence-corrected chi connectivity index (χ1v) is 5.17. The molecule has 0 amide bonds. The SMILES string of the molecule is O[C@@H](C[C@@H]1CCOC1)c1ccccc1. The minimum Gasteiger partial charge on any atom is -0.388 e. The van der Waals surface area contributed by atoms with Gasteiger partial charge < -0.3 is 9.84 Å². The van der Waals surface area contributed by atoms with E-state index in [-0.39, 0.29) is 6.10 Å². The molecule has 2 nitrogen and oxygen atoms in total. The van der Waals surface area contributed by atoms with Crippen LogP contribution >= 0.6 is 0 Å². The molecule has 0 unspecified atom stereocenters. The summed E-state index contributed by atoms with van der Waals surface area (Å²) in [5, 5.41) is 9.93. The van der Waals surface area contributed by atoms with Crippen LogP contribution in [0.4, 0.5) is 0 Å². The van der Waals surface area contributed by atoms with Gasteiger partial charge in [-0.1, -0.05) is 30.3 Å². The summed E-state index contributed by atoms with van der Waals surface area (Å²) in [6.45, 7) is 1.66. The van der Waals surface area contributed by atoms with Crippen LogP contribution in [0.15, 0.2) is 30.3 Å². The number of hydrogen-bond acceptors (Lipinski definition) is 2. The molecular formula is C12H16O2. The molecule has 1 fully saturated rings. The lowest BCUT2D eigenvalue weighted by Crippen LogP contribution is -2.07. The summed E-state index contributed by atoms with van der Waals surface area (Å²) in [6.07, 6.45) is 1.58. The number of ether oxygens (including phenoxy) is 1. The van der Waals surface area contributed by atoms with Gasteiger partial charge in [0.15, 0.2) is 0 Å². The number of aliphatic hydroxyl groups excluding tert-OH is 1. The van der Waals surface area contributed by atoms with Gasteiger partial charge in [0.2, 0.25) is 0 Å². The van der Waals surface area contributed by atoms with Crippen LogP contribution in [0.3, 0.4) is 0 Å². The highest BCUT2D eigenvalue weighted by molar-refractivity contribution is 5.17. The highest BCUT2D eigenvalue weighted by atomic mass is 16.5. The fourth-order valence-electron chi connectivity index (χ4n) is 1.90. The summed E-state index contributed by atoms with van der Waals surface area (Å²) in [5.41, 5.74) is 1.01. The molecule has 2 atom stereocenters. The van der Waals surface area contributed by atoms with Gasteiger partial charge in [0, 0.05) is 13.2 Å². The second-order valence-electron chi connectivity index (χ2n) is 3.89. The number of aliphatic hydroxyl groups is 1. The van der Waals surface area contributed by atoms with Crippen molar-refractivity contribution in [2.75, 3.05) is 13.2 Å². The maximum atomic E-state index is 9.93. The van der Waals surface area contributed by atoms with Crippen LogP contribution < -0.4 is 0 Å². The largest absolute Gasteiger partial charge is 0.388 e. The minimum atomic E-state index is -0.331. The quantitative estimate of drug-likeness (QED) is 0.795. The van der Waals surface area contributed by atoms with E-state index < -0.39 is 0 Å². The smallest absolute Gasteiger partial charge is 0.0793 e.